The van der Waals surface area contributed by atoms with Crippen molar-refractivity contribution in [2.24, 2.45) is 0 Å². The quantitative estimate of drug-likeness (QED) is 0.558. The molecular formula is C4H12N2O2S. The standard InChI is InChI=1S/C4H11N2O2S/c1-2-9(7,8)6-4-3-5/h2-5H2,1H3/q-1/p+1. The first-order chi connectivity index (χ1) is 4.12. The molecule has 3 N–H and O–H groups in total. The van der Waals surface area contributed by atoms with Crippen molar-refractivity contribution in [1.82, 2.24) is 0 Å². The monoisotopic (exact) mass is 152 g/mol. The summed E-state index contributed by atoms with van der Waals surface area (Å²) in [5.41, 5.74) is 3.46. The predicted molar refractivity (Wildman–Crippen MR) is 35.4 cm³/mol. The molecule has 0 aliphatic rings. The van der Waals surface area contributed by atoms with E-state index in [1.165, 1.54) is 0 Å². The molecule has 0 atom stereocenters. The molecule has 5 heteroatoms. The molecule has 4 nitrogen and oxygen atoms in total. The Morgan fingerprint density at radius 2 is 2.11 bits per heavy atom. The van der Waals surface area contributed by atoms with Gasteiger partial charge in [0.25, 0.3) is 0 Å². The van der Waals surface area contributed by atoms with Crippen LogP contribution in [0.1, 0.15) is 6.92 Å². The molecule has 0 aromatic heterocycles. The lowest BCUT2D eigenvalue weighted by Gasteiger charge is -2.14. The van der Waals surface area contributed by atoms with Gasteiger partial charge in [0.15, 0.2) is 0 Å². The number of sulfonamides is 1. The minimum atomic E-state index is -3.10. The molecule has 0 aliphatic heterocycles. The SMILES string of the molecule is CCS(=O)(=O)[N-]CC[NH3+]. The van der Waals surface area contributed by atoms with Crippen molar-refractivity contribution in [3.63, 3.8) is 0 Å². The van der Waals surface area contributed by atoms with Crippen LogP contribution in [-0.2, 0) is 10.0 Å². The van der Waals surface area contributed by atoms with Crippen LogP contribution in [0.3, 0.4) is 0 Å². The van der Waals surface area contributed by atoms with Gasteiger partial charge in [-0.3, -0.25) is 0 Å². The van der Waals surface area contributed by atoms with E-state index in [0.29, 0.717) is 13.1 Å². The lowest BCUT2D eigenvalue weighted by Crippen LogP contribution is -2.51. The van der Waals surface area contributed by atoms with Crippen LogP contribution in [-0.4, -0.2) is 27.3 Å². The molecule has 56 valence electrons. The smallest absolute Gasteiger partial charge is 0.0720 e. The first kappa shape index (κ1) is 8.87. The molecule has 0 aromatic carbocycles. The summed E-state index contributed by atoms with van der Waals surface area (Å²) in [6, 6.07) is 0. The van der Waals surface area contributed by atoms with Crippen LogP contribution in [0.15, 0.2) is 0 Å². The maximum Gasteiger partial charge on any atom is 0.0720 e. The minimum absolute atomic E-state index is 0.0903. The molecule has 0 amide bonds. The molecule has 0 aromatic rings. The summed E-state index contributed by atoms with van der Waals surface area (Å²) in [7, 11) is -3.10. The second kappa shape index (κ2) is 3.81. The molecule has 0 saturated carbocycles. The lowest BCUT2D eigenvalue weighted by atomic mass is 10.7. The van der Waals surface area contributed by atoms with Gasteiger partial charge in [-0.25, -0.2) is 8.42 Å². The number of hydrogen-bond acceptors (Lipinski definition) is 2. The van der Waals surface area contributed by atoms with Gasteiger partial charge in [0.1, 0.15) is 0 Å². The summed E-state index contributed by atoms with van der Waals surface area (Å²) in [5, 5.41) is 0. The molecule has 0 spiro atoms. The average molecular weight is 152 g/mol. The zero-order valence-electron chi connectivity index (χ0n) is 5.50. The number of nitrogens with zero attached hydrogens (tertiary/aromatic N) is 1. The minimum Gasteiger partial charge on any atom is -0.544 e. The van der Waals surface area contributed by atoms with Gasteiger partial charge in [-0.2, -0.15) is 0 Å². The normalized spacial score (nSPS) is 11.8. The van der Waals surface area contributed by atoms with E-state index in [4.69, 9.17) is 0 Å². The van der Waals surface area contributed by atoms with Crippen molar-refractivity contribution < 1.29 is 14.2 Å². The molecule has 0 unspecified atom stereocenters. The van der Waals surface area contributed by atoms with Crippen molar-refractivity contribution in [2.75, 3.05) is 18.8 Å². The third-order valence-electron chi connectivity index (χ3n) is 0.811. The highest BCUT2D eigenvalue weighted by atomic mass is 32.2. The molecule has 0 radical (unpaired) electrons. The predicted octanol–water partition coefficient (Wildman–Crippen LogP) is -1.05. The second-order valence-corrected chi connectivity index (χ2v) is 3.58. The van der Waals surface area contributed by atoms with Crippen molar-refractivity contribution in [3.05, 3.63) is 4.72 Å². The lowest BCUT2D eigenvalue weighted by molar-refractivity contribution is -0.362. The maximum absolute atomic E-state index is 10.6. The van der Waals surface area contributed by atoms with Crippen LogP contribution in [0.4, 0.5) is 0 Å². The van der Waals surface area contributed by atoms with Crippen molar-refractivity contribution in [2.45, 2.75) is 6.92 Å². The molecule has 9 heavy (non-hydrogen) atoms. The van der Waals surface area contributed by atoms with Gasteiger partial charge in [-0.05, 0) is 0 Å². The van der Waals surface area contributed by atoms with Crippen LogP contribution in [0.5, 0.6) is 0 Å². The molecule has 0 fully saturated rings. The number of quaternary nitrogens is 1. The Balaban J connectivity index is 3.61. The topological polar surface area (TPSA) is 75.9 Å². The number of rotatable bonds is 4. The Hall–Kier alpha value is -0.130. The van der Waals surface area contributed by atoms with E-state index in [1.54, 1.807) is 6.92 Å². The molecule has 0 aliphatic carbocycles. The first-order valence-electron chi connectivity index (χ1n) is 2.83. The third-order valence-corrected chi connectivity index (χ3v) is 2.12. The van der Waals surface area contributed by atoms with Gasteiger partial charge < -0.3 is 10.5 Å². The number of hydrogen-bond donors (Lipinski definition) is 1. The molecule has 0 saturated heterocycles. The van der Waals surface area contributed by atoms with Crippen LogP contribution >= 0.6 is 0 Å². The largest absolute Gasteiger partial charge is 0.544 e. The molecule has 0 heterocycles. The Morgan fingerprint density at radius 1 is 1.56 bits per heavy atom. The summed E-state index contributed by atoms with van der Waals surface area (Å²) < 4.78 is 24.5. The summed E-state index contributed by atoms with van der Waals surface area (Å²) in [6.45, 7) is 2.43. The highest BCUT2D eigenvalue weighted by molar-refractivity contribution is 7.93. The highest BCUT2D eigenvalue weighted by Gasteiger charge is 1.90. The first-order valence-corrected chi connectivity index (χ1v) is 4.44. The van der Waals surface area contributed by atoms with E-state index in [1.807, 2.05) is 0 Å². The molecular weight excluding hydrogens is 140 g/mol. The van der Waals surface area contributed by atoms with Gasteiger partial charge in [-0.1, -0.05) is 13.5 Å². The van der Waals surface area contributed by atoms with E-state index in [2.05, 4.69) is 10.5 Å². The highest BCUT2D eigenvalue weighted by Crippen LogP contribution is 1.98. The van der Waals surface area contributed by atoms with E-state index in [-0.39, 0.29) is 5.75 Å². The van der Waals surface area contributed by atoms with Crippen LogP contribution in [0.2, 0.25) is 0 Å². The summed E-state index contributed by atoms with van der Waals surface area (Å²) >= 11 is 0. The van der Waals surface area contributed by atoms with Gasteiger partial charge >= 0.3 is 0 Å². The van der Waals surface area contributed by atoms with Crippen LogP contribution in [0.25, 0.3) is 4.72 Å². The zero-order valence-corrected chi connectivity index (χ0v) is 6.32. The summed E-state index contributed by atoms with van der Waals surface area (Å²) in [5.74, 6) is 0.0903. The van der Waals surface area contributed by atoms with E-state index >= 15 is 0 Å². The van der Waals surface area contributed by atoms with Gasteiger partial charge in [-0.15, -0.1) is 0 Å². The Morgan fingerprint density at radius 3 is 2.44 bits per heavy atom. The fraction of sp³-hybridized carbons (Fsp3) is 1.00. The van der Waals surface area contributed by atoms with Crippen molar-refractivity contribution in [3.8, 4) is 0 Å². The van der Waals surface area contributed by atoms with Crippen LogP contribution in [0, 0.1) is 0 Å². The molecule has 0 bridgehead atoms. The van der Waals surface area contributed by atoms with Gasteiger partial charge in [0.2, 0.25) is 0 Å². The Bertz CT molecular complexity index is 152. The Labute approximate surface area is 55.5 Å². The van der Waals surface area contributed by atoms with Gasteiger partial charge in [0.05, 0.1) is 16.6 Å². The molecule has 0 rings (SSSR count). The van der Waals surface area contributed by atoms with E-state index in [9.17, 15) is 8.42 Å². The second-order valence-electron chi connectivity index (χ2n) is 1.58. The van der Waals surface area contributed by atoms with E-state index in [0.717, 1.165) is 0 Å². The maximum atomic E-state index is 10.6. The fourth-order valence-corrected chi connectivity index (χ4v) is 0.885. The average Bonchev–Trinajstić information content (AvgIpc) is 1.84. The van der Waals surface area contributed by atoms with Crippen molar-refractivity contribution >= 4 is 10.0 Å². The van der Waals surface area contributed by atoms with Gasteiger partial charge in [0, 0.05) is 5.75 Å². The summed E-state index contributed by atoms with van der Waals surface area (Å²) in [6.07, 6.45) is 0. The zero-order chi connectivity index (χ0) is 7.33. The summed E-state index contributed by atoms with van der Waals surface area (Å²) in [4.78, 5) is 0. The fourth-order valence-electron chi connectivity index (χ4n) is 0.295. The van der Waals surface area contributed by atoms with Crippen molar-refractivity contribution in [1.29, 1.82) is 0 Å². The van der Waals surface area contributed by atoms with Crippen LogP contribution < -0.4 is 5.73 Å². The third kappa shape index (κ3) is 4.38. The Kier molecular flexibility index (Phi) is 3.76. The van der Waals surface area contributed by atoms with E-state index < -0.39 is 10.0 Å².